The van der Waals surface area contributed by atoms with E-state index in [1.165, 1.54) is 11.8 Å². The number of thioether (sulfide) groups is 1. The number of hydrogen-bond acceptors (Lipinski definition) is 6. The molecule has 0 bridgehead atoms. The van der Waals surface area contributed by atoms with Crippen LogP contribution in [0.5, 0.6) is 0 Å². The van der Waals surface area contributed by atoms with E-state index in [9.17, 15) is 4.79 Å². The molecule has 0 N–H and O–H groups in total. The number of aromatic nitrogens is 3. The third-order valence-electron chi connectivity index (χ3n) is 5.63. The average molecular weight is 495 g/mol. The molecule has 3 heterocycles. The van der Waals surface area contributed by atoms with Crippen molar-refractivity contribution in [2.24, 2.45) is 0 Å². The van der Waals surface area contributed by atoms with Gasteiger partial charge in [-0.1, -0.05) is 65.8 Å². The van der Waals surface area contributed by atoms with Crippen molar-refractivity contribution in [1.82, 2.24) is 19.7 Å². The number of benzene rings is 2. The molecule has 1 amide bonds. The molecule has 0 radical (unpaired) electrons. The lowest BCUT2D eigenvalue weighted by atomic mass is 10.1. The van der Waals surface area contributed by atoms with Gasteiger partial charge in [-0.2, -0.15) is 0 Å². The second-order valence-electron chi connectivity index (χ2n) is 7.89. The summed E-state index contributed by atoms with van der Waals surface area (Å²) in [5.74, 6) is 1.58. The molecule has 0 aliphatic carbocycles. The molecule has 1 saturated heterocycles. The van der Waals surface area contributed by atoms with E-state index in [1.807, 2.05) is 64.1 Å². The van der Waals surface area contributed by atoms with E-state index < -0.39 is 0 Å². The Morgan fingerprint density at radius 2 is 1.88 bits per heavy atom. The Morgan fingerprint density at radius 1 is 1.06 bits per heavy atom. The molecule has 1 unspecified atom stereocenters. The first-order valence-corrected chi connectivity index (χ1v) is 12.3. The third kappa shape index (κ3) is 5.19. The summed E-state index contributed by atoms with van der Waals surface area (Å²) in [7, 11) is 0. The fraction of sp³-hybridized carbons (Fsp3) is 0.240. The third-order valence-corrected chi connectivity index (χ3v) is 6.83. The van der Waals surface area contributed by atoms with Crippen molar-refractivity contribution in [3.05, 3.63) is 89.1 Å². The maximum absolute atomic E-state index is 13.1. The fourth-order valence-electron chi connectivity index (χ4n) is 3.86. The minimum absolute atomic E-state index is 0.0427. The van der Waals surface area contributed by atoms with Gasteiger partial charge in [-0.15, -0.1) is 10.2 Å². The lowest BCUT2D eigenvalue weighted by Crippen LogP contribution is -2.43. The Hall–Kier alpha value is -3.07. The summed E-state index contributed by atoms with van der Waals surface area (Å²) in [6, 6.07) is 21.3. The molecule has 174 valence electrons. The van der Waals surface area contributed by atoms with E-state index in [2.05, 4.69) is 22.3 Å². The maximum Gasteiger partial charge on any atom is 0.233 e. The number of rotatable bonds is 7. The molecular weight excluding hydrogens is 472 g/mol. The van der Waals surface area contributed by atoms with Crippen LogP contribution in [0.15, 0.2) is 82.6 Å². The molecule has 5 rings (SSSR count). The number of morpholine rings is 1. The highest BCUT2D eigenvalue weighted by Crippen LogP contribution is 2.27. The smallest absolute Gasteiger partial charge is 0.233 e. The van der Waals surface area contributed by atoms with Crippen LogP contribution in [0.1, 0.15) is 17.2 Å². The minimum atomic E-state index is -0.160. The lowest BCUT2D eigenvalue weighted by Gasteiger charge is -2.33. The van der Waals surface area contributed by atoms with Crippen LogP contribution in [0, 0.1) is 0 Å². The molecule has 7 nitrogen and oxygen atoms in total. The van der Waals surface area contributed by atoms with Gasteiger partial charge in [-0.3, -0.25) is 9.36 Å². The number of amides is 1. The first-order valence-electron chi connectivity index (χ1n) is 11.0. The molecule has 0 spiro atoms. The van der Waals surface area contributed by atoms with E-state index in [-0.39, 0.29) is 17.8 Å². The highest BCUT2D eigenvalue weighted by molar-refractivity contribution is 7.99. The van der Waals surface area contributed by atoms with Crippen LogP contribution in [0.2, 0.25) is 5.02 Å². The highest BCUT2D eigenvalue weighted by atomic mass is 35.5. The van der Waals surface area contributed by atoms with Crippen molar-refractivity contribution in [3.8, 4) is 11.6 Å². The van der Waals surface area contributed by atoms with E-state index in [0.29, 0.717) is 48.0 Å². The minimum Gasteiger partial charge on any atom is -0.461 e. The predicted octanol–water partition coefficient (Wildman–Crippen LogP) is 4.93. The van der Waals surface area contributed by atoms with Gasteiger partial charge in [0.05, 0.1) is 31.7 Å². The SMILES string of the molecule is O=C(CSc1nnc(-c2ccco2)n1Cc1ccccc1)N1CCOC(c2ccc(Cl)cc2)C1. The second-order valence-corrected chi connectivity index (χ2v) is 9.27. The van der Waals surface area contributed by atoms with Crippen molar-refractivity contribution >= 4 is 29.3 Å². The predicted molar refractivity (Wildman–Crippen MR) is 131 cm³/mol. The van der Waals surface area contributed by atoms with Crippen molar-refractivity contribution in [3.63, 3.8) is 0 Å². The fourth-order valence-corrected chi connectivity index (χ4v) is 4.83. The van der Waals surface area contributed by atoms with Gasteiger partial charge in [-0.25, -0.2) is 0 Å². The summed E-state index contributed by atoms with van der Waals surface area (Å²) < 4.78 is 13.4. The Morgan fingerprint density at radius 3 is 2.65 bits per heavy atom. The van der Waals surface area contributed by atoms with Crippen LogP contribution in [0.4, 0.5) is 0 Å². The molecule has 1 fully saturated rings. The van der Waals surface area contributed by atoms with Gasteiger partial charge in [0.25, 0.3) is 0 Å². The number of hydrogen-bond donors (Lipinski definition) is 0. The van der Waals surface area contributed by atoms with E-state index in [1.54, 1.807) is 6.26 Å². The van der Waals surface area contributed by atoms with E-state index >= 15 is 0 Å². The number of ether oxygens (including phenoxy) is 1. The lowest BCUT2D eigenvalue weighted by molar-refractivity contribution is -0.136. The first kappa shape index (κ1) is 22.7. The van der Waals surface area contributed by atoms with Gasteiger partial charge >= 0.3 is 0 Å². The Bertz CT molecular complexity index is 1230. The van der Waals surface area contributed by atoms with Crippen molar-refractivity contribution in [2.75, 3.05) is 25.4 Å². The largest absolute Gasteiger partial charge is 0.461 e. The zero-order valence-electron chi connectivity index (χ0n) is 18.3. The number of furan rings is 1. The Balaban J connectivity index is 1.28. The summed E-state index contributed by atoms with van der Waals surface area (Å²) in [5.41, 5.74) is 2.13. The van der Waals surface area contributed by atoms with Crippen LogP contribution >= 0.6 is 23.4 Å². The van der Waals surface area contributed by atoms with Gasteiger partial charge in [0.15, 0.2) is 10.9 Å². The molecule has 2 aromatic heterocycles. The zero-order chi connectivity index (χ0) is 23.3. The number of halogens is 1. The molecule has 1 atom stereocenters. The Kier molecular flexibility index (Phi) is 6.99. The summed E-state index contributed by atoms with van der Waals surface area (Å²) in [4.78, 5) is 14.9. The van der Waals surface area contributed by atoms with Crippen LogP contribution in [-0.4, -0.2) is 51.0 Å². The van der Waals surface area contributed by atoms with Crippen molar-refractivity contribution < 1.29 is 13.9 Å². The summed E-state index contributed by atoms with van der Waals surface area (Å²) in [6.07, 6.45) is 1.45. The molecule has 2 aromatic carbocycles. The molecule has 0 saturated carbocycles. The topological polar surface area (TPSA) is 73.4 Å². The van der Waals surface area contributed by atoms with Crippen LogP contribution in [-0.2, 0) is 16.1 Å². The van der Waals surface area contributed by atoms with Crippen LogP contribution in [0.25, 0.3) is 11.6 Å². The number of carbonyl (C=O) groups excluding carboxylic acids is 1. The molecule has 34 heavy (non-hydrogen) atoms. The number of nitrogens with zero attached hydrogens (tertiary/aromatic N) is 4. The van der Waals surface area contributed by atoms with Gasteiger partial charge in [0.1, 0.15) is 6.10 Å². The zero-order valence-corrected chi connectivity index (χ0v) is 19.9. The standard InChI is InChI=1S/C25H23ClN4O3S/c26-20-10-8-19(9-11-20)22-16-29(12-14-33-22)23(31)17-34-25-28-27-24(21-7-4-13-32-21)30(25)15-18-5-2-1-3-6-18/h1-11,13,22H,12,14-17H2. The van der Waals surface area contributed by atoms with Crippen LogP contribution < -0.4 is 0 Å². The average Bonchev–Trinajstić information content (AvgIpc) is 3.54. The molecule has 1 aliphatic heterocycles. The van der Waals surface area contributed by atoms with E-state index in [0.717, 1.165) is 11.1 Å². The molecule has 9 heteroatoms. The summed E-state index contributed by atoms with van der Waals surface area (Å²) in [5, 5.41) is 10.1. The van der Waals surface area contributed by atoms with E-state index in [4.69, 9.17) is 20.8 Å². The maximum atomic E-state index is 13.1. The summed E-state index contributed by atoms with van der Waals surface area (Å²) in [6.45, 7) is 2.15. The summed E-state index contributed by atoms with van der Waals surface area (Å²) >= 11 is 7.38. The quantitative estimate of drug-likeness (QED) is 0.339. The highest BCUT2D eigenvalue weighted by Gasteiger charge is 2.26. The second kappa shape index (κ2) is 10.5. The monoisotopic (exact) mass is 494 g/mol. The normalized spacial score (nSPS) is 16.0. The Labute approximate surface area is 206 Å². The van der Waals surface area contributed by atoms with Gasteiger partial charge in [0.2, 0.25) is 11.7 Å². The first-order chi connectivity index (χ1) is 16.7. The molecule has 4 aromatic rings. The van der Waals surface area contributed by atoms with Crippen molar-refractivity contribution in [1.29, 1.82) is 0 Å². The van der Waals surface area contributed by atoms with Gasteiger partial charge in [0, 0.05) is 11.6 Å². The van der Waals surface area contributed by atoms with Crippen molar-refractivity contribution in [2.45, 2.75) is 17.8 Å². The number of carbonyl (C=O) groups is 1. The molecular formula is C25H23ClN4O3S. The van der Waals surface area contributed by atoms with Gasteiger partial charge < -0.3 is 14.1 Å². The van der Waals surface area contributed by atoms with Crippen LogP contribution in [0.3, 0.4) is 0 Å². The molecule has 1 aliphatic rings. The van der Waals surface area contributed by atoms with Gasteiger partial charge in [-0.05, 0) is 35.4 Å².